The third kappa shape index (κ3) is 2.71. The van der Waals surface area contributed by atoms with Gasteiger partial charge >= 0.3 is 10.0 Å². The molecule has 0 saturated carbocycles. The molecule has 0 saturated heterocycles. The largest absolute Gasteiger partial charge is 0.494 e. The molecule has 0 heterocycles. The highest BCUT2D eigenvalue weighted by molar-refractivity contribution is 7.84. The molecular formula is C8H12NO3S+. The fraction of sp³-hybridized carbons (Fsp3) is 0.250. The van der Waals surface area contributed by atoms with E-state index < -0.39 is 10.0 Å². The molecule has 1 aromatic carbocycles. The van der Waals surface area contributed by atoms with E-state index in [1.54, 1.807) is 12.1 Å². The number of hydrogen-bond donors (Lipinski definition) is 1. The highest BCUT2D eigenvalue weighted by Gasteiger charge is 2.10. The van der Waals surface area contributed by atoms with Gasteiger partial charge in [0.05, 0.1) is 6.61 Å². The Morgan fingerprint density at radius 1 is 1.31 bits per heavy atom. The summed E-state index contributed by atoms with van der Waals surface area (Å²) in [6.45, 7) is 2.43. The Hall–Kier alpha value is -1.07. The van der Waals surface area contributed by atoms with Crippen LogP contribution in [0.25, 0.3) is 0 Å². The van der Waals surface area contributed by atoms with E-state index >= 15 is 0 Å². The maximum Gasteiger partial charge on any atom is 0.322 e. The molecule has 0 aliphatic rings. The van der Waals surface area contributed by atoms with Gasteiger partial charge in [-0.3, -0.25) is 0 Å². The van der Waals surface area contributed by atoms with Crippen LogP contribution in [-0.2, 0) is 10.0 Å². The van der Waals surface area contributed by atoms with Gasteiger partial charge in [-0.05, 0) is 31.2 Å². The second kappa shape index (κ2) is 3.76. The van der Waals surface area contributed by atoms with Crippen LogP contribution < -0.4 is 9.88 Å². The lowest BCUT2D eigenvalue weighted by molar-refractivity contribution is -0.164. The Kier molecular flexibility index (Phi) is 2.90. The van der Waals surface area contributed by atoms with Crippen molar-refractivity contribution in [2.75, 3.05) is 6.61 Å². The van der Waals surface area contributed by atoms with Gasteiger partial charge in [-0.15, -0.1) is 0 Å². The monoisotopic (exact) mass is 202 g/mol. The summed E-state index contributed by atoms with van der Waals surface area (Å²) >= 11 is 0. The fourth-order valence-electron chi connectivity index (χ4n) is 0.910. The molecule has 4 nitrogen and oxygen atoms in total. The lowest BCUT2D eigenvalue weighted by Crippen LogP contribution is -2.56. The molecule has 0 amide bonds. The van der Waals surface area contributed by atoms with Crippen molar-refractivity contribution in [3.8, 4) is 5.75 Å². The first-order valence-corrected chi connectivity index (χ1v) is 5.50. The summed E-state index contributed by atoms with van der Waals surface area (Å²) in [5.74, 6) is 0.662. The summed E-state index contributed by atoms with van der Waals surface area (Å²) in [6, 6.07) is 6.18. The fourth-order valence-corrected chi connectivity index (χ4v) is 1.46. The number of hydrogen-bond acceptors (Lipinski definition) is 3. The SMILES string of the molecule is CCOc1ccc(S([NH3+])(=O)=O)cc1. The van der Waals surface area contributed by atoms with Crippen LogP contribution in [0.2, 0.25) is 0 Å². The maximum absolute atomic E-state index is 11.0. The maximum atomic E-state index is 11.0. The summed E-state index contributed by atoms with van der Waals surface area (Å²) in [4.78, 5) is 0.205. The lowest BCUT2D eigenvalue weighted by Gasteiger charge is -2.01. The predicted octanol–water partition coefficient (Wildman–Crippen LogP) is 0.0159. The molecule has 13 heavy (non-hydrogen) atoms. The standard InChI is InChI=1S/C8H11NO3S/c1-2-12-7-3-5-8(6-4-7)13(9,10)11/h3-6H,2H2,1H3,(H2,9,10,11)/p+1. The van der Waals surface area contributed by atoms with Gasteiger partial charge in [-0.2, -0.15) is 8.42 Å². The molecule has 0 atom stereocenters. The second-order valence-electron chi connectivity index (χ2n) is 2.52. The van der Waals surface area contributed by atoms with E-state index in [2.05, 4.69) is 5.14 Å². The normalized spacial score (nSPS) is 11.2. The number of rotatable bonds is 3. The average molecular weight is 202 g/mol. The second-order valence-corrected chi connectivity index (χ2v) is 4.22. The van der Waals surface area contributed by atoms with Gasteiger partial charge in [-0.1, -0.05) is 0 Å². The van der Waals surface area contributed by atoms with Crippen LogP contribution in [0.5, 0.6) is 5.75 Å². The Morgan fingerprint density at radius 2 is 1.85 bits per heavy atom. The molecule has 3 N–H and O–H groups in total. The Morgan fingerprint density at radius 3 is 2.23 bits per heavy atom. The molecule has 0 fully saturated rings. The minimum absolute atomic E-state index is 0.205. The minimum atomic E-state index is -3.34. The molecule has 1 rings (SSSR count). The number of benzene rings is 1. The van der Waals surface area contributed by atoms with E-state index in [4.69, 9.17) is 4.74 Å². The van der Waals surface area contributed by atoms with Crippen LogP contribution in [-0.4, -0.2) is 15.0 Å². The zero-order chi connectivity index (χ0) is 9.90. The van der Waals surface area contributed by atoms with Crippen molar-refractivity contribution in [1.29, 1.82) is 0 Å². The molecular weight excluding hydrogens is 190 g/mol. The zero-order valence-corrected chi connectivity index (χ0v) is 8.17. The van der Waals surface area contributed by atoms with Gasteiger partial charge in [0, 0.05) is 0 Å². The summed E-state index contributed by atoms with van der Waals surface area (Å²) in [5.41, 5.74) is 0. The molecule has 0 aliphatic carbocycles. The predicted molar refractivity (Wildman–Crippen MR) is 47.7 cm³/mol. The minimum Gasteiger partial charge on any atom is -0.494 e. The van der Waals surface area contributed by atoms with Crippen LogP contribution >= 0.6 is 0 Å². The van der Waals surface area contributed by atoms with Crippen molar-refractivity contribution in [3.63, 3.8) is 0 Å². The lowest BCUT2D eigenvalue weighted by atomic mass is 10.3. The molecule has 72 valence electrons. The first-order chi connectivity index (χ1) is 6.04. The third-order valence-corrected chi connectivity index (χ3v) is 2.48. The van der Waals surface area contributed by atoms with E-state index in [9.17, 15) is 8.42 Å². The van der Waals surface area contributed by atoms with Crippen molar-refractivity contribution < 1.29 is 18.3 Å². The van der Waals surface area contributed by atoms with Crippen LogP contribution in [0.15, 0.2) is 29.2 Å². The number of ether oxygens (including phenoxy) is 1. The van der Waals surface area contributed by atoms with E-state index in [-0.39, 0.29) is 4.90 Å². The van der Waals surface area contributed by atoms with Gasteiger partial charge in [0.1, 0.15) is 10.6 Å². The van der Waals surface area contributed by atoms with Gasteiger partial charge < -0.3 is 4.74 Å². The smallest absolute Gasteiger partial charge is 0.322 e. The first kappa shape index (κ1) is 10.0. The molecule has 0 aromatic heterocycles. The molecule has 0 radical (unpaired) electrons. The van der Waals surface area contributed by atoms with Crippen molar-refractivity contribution in [2.24, 2.45) is 0 Å². The van der Waals surface area contributed by atoms with Crippen LogP contribution in [0, 0.1) is 0 Å². The number of quaternary nitrogens is 1. The molecule has 0 unspecified atom stereocenters. The Balaban J connectivity index is 2.94. The quantitative estimate of drug-likeness (QED) is 0.750. The van der Waals surface area contributed by atoms with Gasteiger partial charge in [0.15, 0.2) is 0 Å². The molecule has 0 bridgehead atoms. The van der Waals surface area contributed by atoms with Crippen molar-refractivity contribution >= 4 is 10.0 Å². The van der Waals surface area contributed by atoms with E-state index in [1.165, 1.54) is 12.1 Å². The summed E-state index contributed by atoms with van der Waals surface area (Å²) in [6.07, 6.45) is 0. The van der Waals surface area contributed by atoms with Gasteiger partial charge in [0.25, 0.3) is 0 Å². The molecule has 5 heteroatoms. The third-order valence-electron chi connectivity index (χ3n) is 1.49. The Labute approximate surface area is 77.4 Å². The van der Waals surface area contributed by atoms with Crippen LogP contribution in [0.4, 0.5) is 0 Å². The highest BCUT2D eigenvalue weighted by atomic mass is 32.2. The van der Waals surface area contributed by atoms with E-state index in [0.717, 1.165) is 0 Å². The van der Waals surface area contributed by atoms with E-state index in [1.807, 2.05) is 6.92 Å². The zero-order valence-electron chi connectivity index (χ0n) is 7.36. The Bertz CT molecular complexity index is 369. The summed E-state index contributed by atoms with van der Waals surface area (Å²) in [5, 5.41) is 3.05. The van der Waals surface area contributed by atoms with Crippen molar-refractivity contribution in [2.45, 2.75) is 11.8 Å². The number of sulfonamides is 1. The molecule has 0 aliphatic heterocycles. The summed E-state index contributed by atoms with van der Waals surface area (Å²) in [7, 11) is -3.34. The molecule has 1 aromatic rings. The van der Waals surface area contributed by atoms with E-state index in [0.29, 0.717) is 12.4 Å². The van der Waals surface area contributed by atoms with Crippen molar-refractivity contribution in [3.05, 3.63) is 24.3 Å². The van der Waals surface area contributed by atoms with Gasteiger partial charge in [-0.25, -0.2) is 5.14 Å². The first-order valence-electron chi connectivity index (χ1n) is 3.85. The van der Waals surface area contributed by atoms with Gasteiger partial charge in [0.2, 0.25) is 0 Å². The summed E-state index contributed by atoms with van der Waals surface area (Å²) < 4.78 is 27.1. The van der Waals surface area contributed by atoms with Crippen LogP contribution in [0.1, 0.15) is 6.92 Å². The van der Waals surface area contributed by atoms with Crippen LogP contribution in [0.3, 0.4) is 0 Å². The average Bonchev–Trinajstić information content (AvgIpc) is 2.04. The van der Waals surface area contributed by atoms with Crippen molar-refractivity contribution in [1.82, 2.24) is 0 Å². The highest BCUT2D eigenvalue weighted by Crippen LogP contribution is 2.13. The topological polar surface area (TPSA) is 71.0 Å². The molecule has 0 spiro atoms.